The van der Waals surface area contributed by atoms with Crippen molar-refractivity contribution >= 4 is 29.1 Å². The fraction of sp³-hybridized carbons (Fsp3) is 0.429. The van der Waals surface area contributed by atoms with E-state index < -0.39 is 0 Å². The molecular formula is C14H17ClN4S. The van der Waals surface area contributed by atoms with E-state index in [0.29, 0.717) is 5.15 Å². The van der Waals surface area contributed by atoms with E-state index in [1.54, 1.807) is 0 Å². The summed E-state index contributed by atoms with van der Waals surface area (Å²) in [6, 6.07) is 10.6. The molecule has 0 saturated carbocycles. The lowest BCUT2D eigenvalue weighted by Gasteiger charge is -2.21. The SMILES string of the molecule is Clc1nsnc1N1CCCN(Cc2ccccc2)CC1. The quantitative estimate of drug-likeness (QED) is 0.873. The van der Waals surface area contributed by atoms with E-state index in [-0.39, 0.29) is 0 Å². The van der Waals surface area contributed by atoms with Crippen LogP contribution in [0.4, 0.5) is 5.82 Å². The Morgan fingerprint density at radius 1 is 1.05 bits per heavy atom. The highest BCUT2D eigenvalue weighted by atomic mass is 35.5. The van der Waals surface area contributed by atoms with E-state index in [0.717, 1.165) is 45.0 Å². The van der Waals surface area contributed by atoms with E-state index in [2.05, 4.69) is 48.9 Å². The van der Waals surface area contributed by atoms with Crippen LogP contribution in [0.3, 0.4) is 0 Å². The number of anilines is 1. The maximum atomic E-state index is 6.07. The molecule has 0 unspecified atom stereocenters. The van der Waals surface area contributed by atoms with Crippen LogP contribution in [0, 0.1) is 0 Å². The van der Waals surface area contributed by atoms with Crippen molar-refractivity contribution in [2.75, 3.05) is 31.1 Å². The summed E-state index contributed by atoms with van der Waals surface area (Å²) >= 11 is 7.26. The van der Waals surface area contributed by atoms with E-state index in [9.17, 15) is 0 Å². The molecule has 0 atom stereocenters. The summed E-state index contributed by atoms with van der Waals surface area (Å²) in [4.78, 5) is 4.74. The van der Waals surface area contributed by atoms with Gasteiger partial charge in [0.1, 0.15) is 0 Å². The molecule has 0 amide bonds. The van der Waals surface area contributed by atoms with Gasteiger partial charge in [0.15, 0.2) is 11.0 Å². The van der Waals surface area contributed by atoms with Crippen molar-refractivity contribution in [3.8, 4) is 0 Å². The first kappa shape index (κ1) is 13.8. The Kier molecular flexibility index (Phi) is 4.50. The summed E-state index contributed by atoms with van der Waals surface area (Å²) in [5, 5.41) is 0.534. The lowest BCUT2D eigenvalue weighted by atomic mass is 10.2. The van der Waals surface area contributed by atoms with Crippen LogP contribution in [0.5, 0.6) is 0 Å². The summed E-state index contributed by atoms with van der Waals surface area (Å²) in [5.74, 6) is 0.846. The molecule has 1 aromatic carbocycles. The summed E-state index contributed by atoms with van der Waals surface area (Å²) < 4.78 is 8.35. The average molecular weight is 309 g/mol. The predicted molar refractivity (Wildman–Crippen MR) is 83.5 cm³/mol. The Labute approximate surface area is 128 Å². The van der Waals surface area contributed by atoms with Crippen LogP contribution in [0.1, 0.15) is 12.0 Å². The highest BCUT2D eigenvalue weighted by Crippen LogP contribution is 2.24. The van der Waals surface area contributed by atoms with Gasteiger partial charge >= 0.3 is 0 Å². The molecule has 3 rings (SSSR count). The minimum atomic E-state index is 0.534. The molecule has 1 aromatic heterocycles. The largest absolute Gasteiger partial charge is 0.352 e. The maximum absolute atomic E-state index is 6.07. The third kappa shape index (κ3) is 3.29. The number of hydrogen-bond acceptors (Lipinski definition) is 5. The molecule has 0 radical (unpaired) electrons. The van der Waals surface area contributed by atoms with Crippen LogP contribution in [-0.4, -0.2) is 39.8 Å². The van der Waals surface area contributed by atoms with Gasteiger partial charge in [-0.1, -0.05) is 41.9 Å². The fourth-order valence-corrected chi connectivity index (χ4v) is 3.32. The lowest BCUT2D eigenvalue weighted by molar-refractivity contribution is 0.285. The van der Waals surface area contributed by atoms with Crippen LogP contribution in [-0.2, 0) is 6.54 Å². The van der Waals surface area contributed by atoms with E-state index >= 15 is 0 Å². The standard InChI is InChI=1S/C14H17ClN4S/c15-13-14(17-20-16-13)19-8-4-7-18(9-10-19)11-12-5-2-1-3-6-12/h1-3,5-6H,4,7-11H2. The average Bonchev–Trinajstić information content (AvgIpc) is 2.76. The first-order valence-electron chi connectivity index (χ1n) is 6.82. The summed E-state index contributed by atoms with van der Waals surface area (Å²) in [6.45, 7) is 5.11. The normalized spacial score (nSPS) is 17.1. The molecule has 2 aromatic rings. The monoisotopic (exact) mass is 308 g/mol. The van der Waals surface area contributed by atoms with Crippen LogP contribution < -0.4 is 4.90 Å². The van der Waals surface area contributed by atoms with Gasteiger partial charge in [-0.15, -0.1) is 0 Å². The van der Waals surface area contributed by atoms with Gasteiger partial charge in [-0.05, 0) is 12.0 Å². The smallest absolute Gasteiger partial charge is 0.187 e. The highest BCUT2D eigenvalue weighted by molar-refractivity contribution is 6.99. The first-order chi connectivity index (χ1) is 9.83. The van der Waals surface area contributed by atoms with Gasteiger partial charge in [-0.25, -0.2) is 0 Å². The second kappa shape index (κ2) is 6.52. The third-order valence-electron chi connectivity index (χ3n) is 3.57. The van der Waals surface area contributed by atoms with Gasteiger partial charge in [-0.3, -0.25) is 4.90 Å². The zero-order valence-electron chi connectivity index (χ0n) is 11.2. The van der Waals surface area contributed by atoms with Gasteiger partial charge in [0.2, 0.25) is 0 Å². The Bertz CT molecular complexity index is 545. The summed E-state index contributed by atoms with van der Waals surface area (Å²) in [6.07, 6.45) is 1.13. The summed E-state index contributed by atoms with van der Waals surface area (Å²) in [5.41, 5.74) is 1.37. The van der Waals surface area contributed by atoms with Crippen molar-refractivity contribution in [3.63, 3.8) is 0 Å². The minimum Gasteiger partial charge on any atom is -0.352 e. The molecular weight excluding hydrogens is 292 g/mol. The van der Waals surface area contributed by atoms with Crippen LogP contribution in [0.25, 0.3) is 0 Å². The van der Waals surface area contributed by atoms with Gasteiger partial charge in [0.05, 0.1) is 11.7 Å². The van der Waals surface area contributed by atoms with Gasteiger partial charge in [-0.2, -0.15) is 8.75 Å². The number of rotatable bonds is 3. The molecule has 2 heterocycles. The molecule has 1 fully saturated rings. The topological polar surface area (TPSA) is 32.3 Å². The second-order valence-electron chi connectivity index (χ2n) is 4.98. The van der Waals surface area contributed by atoms with E-state index in [1.807, 2.05) is 0 Å². The molecule has 1 aliphatic rings. The molecule has 0 aliphatic carbocycles. The van der Waals surface area contributed by atoms with Crippen molar-refractivity contribution in [2.45, 2.75) is 13.0 Å². The minimum absolute atomic E-state index is 0.534. The van der Waals surface area contributed by atoms with Crippen molar-refractivity contribution in [1.82, 2.24) is 13.6 Å². The molecule has 106 valence electrons. The lowest BCUT2D eigenvalue weighted by Crippen LogP contribution is -2.30. The predicted octanol–water partition coefficient (Wildman–Crippen LogP) is 2.90. The van der Waals surface area contributed by atoms with Crippen LogP contribution >= 0.6 is 23.3 Å². The van der Waals surface area contributed by atoms with Crippen LogP contribution in [0.2, 0.25) is 5.15 Å². The van der Waals surface area contributed by atoms with Crippen LogP contribution in [0.15, 0.2) is 30.3 Å². The fourth-order valence-electron chi connectivity index (χ4n) is 2.54. The van der Waals surface area contributed by atoms with E-state index in [4.69, 9.17) is 11.6 Å². The Balaban J connectivity index is 1.61. The molecule has 0 bridgehead atoms. The van der Waals surface area contributed by atoms with Crippen molar-refractivity contribution in [1.29, 1.82) is 0 Å². The van der Waals surface area contributed by atoms with Crippen molar-refractivity contribution in [2.24, 2.45) is 0 Å². The Morgan fingerprint density at radius 2 is 1.90 bits per heavy atom. The number of halogens is 1. The van der Waals surface area contributed by atoms with Gasteiger partial charge in [0.25, 0.3) is 0 Å². The highest BCUT2D eigenvalue weighted by Gasteiger charge is 2.19. The number of nitrogens with zero attached hydrogens (tertiary/aromatic N) is 4. The number of hydrogen-bond donors (Lipinski definition) is 0. The van der Waals surface area contributed by atoms with E-state index in [1.165, 1.54) is 17.3 Å². The molecule has 4 nitrogen and oxygen atoms in total. The molecule has 1 saturated heterocycles. The zero-order chi connectivity index (χ0) is 13.8. The first-order valence-corrected chi connectivity index (χ1v) is 7.93. The van der Waals surface area contributed by atoms with Crippen molar-refractivity contribution in [3.05, 3.63) is 41.0 Å². The molecule has 0 spiro atoms. The Morgan fingerprint density at radius 3 is 2.65 bits per heavy atom. The number of aromatic nitrogens is 2. The molecule has 1 aliphatic heterocycles. The summed E-state index contributed by atoms with van der Waals surface area (Å²) in [7, 11) is 0. The van der Waals surface area contributed by atoms with Gasteiger partial charge in [0, 0.05) is 32.7 Å². The molecule has 0 N–H and O–H groups in total. The Hall–Kier alpha value is -1.17. The maximum Gasteiger partial charge on any atom is 0.187 e. The molecule has 20 heavy (non-hydrogen) atoms. The number of benzene rings is 1. The van der Waals surface area contributed by atoms with Crippen molar-refractivity contribution < 1.29 is 0 Å². The van der Waals surface area contributed by atoms with Gasteiger partial charge < -0.3 is 4.90 Å². The third-order valence-corrected chi connectivity index (χ3v) is 4.44. The molecule has 6 heteroatoms. The zero-order valence-corrected chi connectivity index (χ0v) is 12.8. The second-order valence-corrected chi connectivity index (χ2v) is 5.87.